The van der Waals surface area contributed by atoms with Crippen LogP contribution in [-0.2, 0) is 18.3 Å². The molecule has 0 fully saturated rings. The van der Waals surface area contributed by atoms with Gasteiger partial charge in [-0.15, -0.1) is 10.2 Å². The average molecular weight is 305 g/mol. The van der Waals surface area contributed by atoms with Gasteiger partial charge in [-0.25, -0.2) is 0 Å². The Kier molecular flexibility index (Phi) is 5.11. The molecule has 0 saturated carbocycles. The SMILES string of the molecule is CC(=CC(=O)NCCc1nncn1C)c1ccccc1Cl. The first-order valence-electron chi connectivity index (χ1n) is 6.62. The van der Waals surface area contributed by atoms with Crippen LogP contribution in [0.15, 0.2) is 36.7 Å². The van der Waals surface area contributed by atoms with Crippen molar-refractivity contribution in [2.24, 2.45) is 7.05 Å². The van der Waals surface area contributed by atoms with Crippen molar-refractivity contribution in [2.75, 3.05) is 6.54 Å². The molecular weight excluding hydrogens is 288 g/mol. The zero-order chi connectivity index (χ0) is 15.2. The summed E-state index contributed by atoms with van der Waals surface area (Å²) in [5.41, 5.74) is 1.69. The van der Waals surface area contributed by atoms with E-state index in [0.29, 0.717) is 18.0 Å². The summed E-state index contributed by atoms with van der Waals surface area (Å²) in [4.78, 5) is 11.9. The monoisotopic (exact) mass is 304 g/mol. The maximum atomic E-state index is 11.9. The van der Waals surface area contributed by atoms with Crippen LogP contribution in [0.2, 0.25) is 5.02 Å². The van der Waals surface area contributed by atoms with Gasteiger partial charge in [-0.2, -0.15) is 0 Å². The van der Waals surface area contributed by atoms with E-state index in [1.54, 1.807) is 18.5 Å². The van der Waals surface area contributed by atoms with Gasteiger partial charge in [0.25, 0.3) is 0 Å². The second kappa shape index (κ2) is 7.04. The Hall–Kier alpha value is -2.14. The third-order valence-corrected chi connectivity index (χ3v) is 3.43. The first-order valence-corrected chi connectivity index (χ1v) is 6.99. The van der Waals surface area contributed by atoms with Crippen molar-refractivity contribution in [3.05, 3.63) is 53.1 Å². The number of nitrogens with zero attached hydrogens (tertiary/aromatic N) is 3. The van der Waals surface area contributed by atoms with Gasteiger partial charge in [0, 0.05) is 31.1 Å². The second-order valence-electron chi connectivity index (χ2n) is 4.71. The molecule has 0 bridgehead atoms. The standard InChI is InChI=1S/C15H17ClN4O/c1-11(12-5-3-4-6-13(12)16)9-15(21)17-8-7-14-19-18-10-20(14)2/h3-6,9-10H,7-8H2,1-2H3,(H,17,21). The lowest BCUT2D eigenvalue weighted by molar-refractivity contribution is -0.116. The second-order valence-corrected chi connectivity index (χ2v) is 5.11. The lowest BCUT2D eigenvalue weighted by Crippen LogP contribution is -2.24. The zero-order valence-electron chi connectivity index (χ0n) is 12.0. The number of carbonyl (C=O) groups is 1. The number of aryl methyl sites for hydroxylation is 1. The van der Waals surface area contributed by atoms with Crippen molar-refractivity contribution in [3.8, 4) is 0 Å². The van der Waals surface area contributed by atoms with Gasteiger partial charge < -0.3 is 9.88 Å². The maximum absolute atomic E-state index is 11.9. The van der Waals surface area contributed by atoms with E-state index in [-0.39, 0.29) is 5.91 Å². The number of halogens is 1. The van der Waals surface area contributed by atoms with Crippen LogP contribution in [-0.4, -0.2) is 27.2 Å². The summed E-state index contributed by atoms with van der Waals surface area (Å²) in [6, 6.07) is 7.45. The smallest absolute Gasteiger partial charge is 0.244 e. The van der Waals surface area contributed by atoms with Gasteiger partial charge in [0.1, 0.15) is 12.2 Å². The third-order valence-electron chi connectivity index (χ3n) is 3.10. The number of hydrogen-bond acceptors (Lipinski definition) is 3. The minimum Gasteiger partial charge on any atom is -0.352 e. The molecule has 0 radical (unpaired) electrons. The molecule has 5 nitrogen and oxygen atoms in total. The fourth-order valence-electron chi connectivity index (χ4n) is 1.94. The van der Waals surface area contributed by atoms with Crippen molar-refractivity contribution < 1.29 is 4.79 Å². The van der Waals surface area contributed by atoms with Crippen LogP contribution in [0.5, 0.6) is 0 Å². The predicted molar refractivity (Wildman–Crippen MR) is 82.8 cm³/mol. The van der Waals surface area contributed by atoms with Crippen LogP contribution < -0.4 is 5.32 Å². The molecular formula is C15H17ClN4O. The quantitative estimate of drug-likeness (QED) is 0.862. The van der Waals surface area contributed by atoms with Crippen LogP contribution in [0.3, 0.4) is 0 Å². The molecule has 1 aromatic heterocycles. The molecule has 1 heterocycles. The molecule has 0 aliphatic rings. The van der Waals surface area contributed by atoms with Crippen molar-refractivity contribution in [3.63, 3.8) is 0 Å². The highest BCUT2D eigenvalue weighted by atomic mass is 35.5. The van der Waals surface area contributed by atoms with E-state index in [9.17, 15) is 4.79 Å². The summed E-state index contributed by atoms with van der Waals surface area (Å²) in [7, 11) is 1.87. The number of rotatable bonds is 5. The molecule has 0 aliphatic heterocycles. The van der Waals surface area contributed by atoms with Gasteiger partial charge in [-0.1, -0.05) is 29.8 Å². The number of nitrogens with one attached hydrogen (secondary N) is 1. The summed E-state index contributed by atoms with van der Waals surface area (Å²) in [5.74, 6) is 0.691. The molecule has 1 N–H and O–H groups in total. The Balaban J connectivity index is 1.90. The summed E-state index contributed by atoms with van der Waals surface area (Å²) in [6.45, 7) is 2.38. The lowest BCUT2D eigenvalue weighted by Gasteiger charge is -2.05. The number of amides is 1. The minimum absolute atomic E-state index is 0.144. The van der Waals surface area contributed by atoms with E-state index in [1.807, 2.05) is 36.7 Å². The van der Waals surface area contributed by atoms with Crippen molar-refractivity contribution in [1.29, 1.82) is 0 Å². The fraction of sp³-hybridized carbons (Fsp3) is 0.267. The molecule has 6 heteroatoms. The van der Waals surface area contributed by atoms with Gasteiger partial charge >= 0.3 is 0 Å². The van der Waals surface area contributed by atoms with Crippen molar-refractivity contribution >= 4 is 23.1 Å². The van der Waals surface area contributed by atoms with Gasteiger partial charge in [-0.3, -0.25) is 4.79 Å². The molecule has 21 heavy (non-hydrogen) atoms. The van der Waals surface area contributed by atoms with E-state index >= 15 is 0 Å². The molecule has 2 rings (SSSR count). The number of allylic oxidation sites excluding steroid dienone is 1. The molecule has 2 aromatic rings. The topological polar surface area (TPSA) is 59.8 Å². The highest BCUT2D eigenvalue weighted by Gasteiger charge is 2.05. The van der Waals surface area contributed by atoms with Crippen LogP contribution in [0.25, 0.3) is 5.57 Å². The normalized spacial score (nSPS) is 11.5. The third kappa shape index (κ3) is 4.16. The van der Waals surface area contributed by atoms with Crippen LogP contribution in [0.4, 0.5) is 0 Å². The highest BCUT2D eigenvalue weighted by molar-refractivity contribution is 6.32. The molecule has 0 unspecified atom stereocenters. The predicted octanol–water partition coefficient (Wildman–Crippen LogP) is 2.23. The number of carbonyl (C=O) groups excluding carboxylic acids is 1. The van der Waals surface area contributed by atoms with Crippen molar-refractivity contribution in [2.45, 2.75) is 13.3 Å². The van der Waals surface area contributed by atoms with E-state index < -0.39 is 0 Å². The van der Waals surface area contributed by atoms with E-state index in [1.165, 1.54) is 0 Å². The lowest BCUT2D eigenvalue weighted by atomic mass is 10.1. The minimum atomic E-state index is -0.144. The Morgan fingerprint density at radius 1 is 1.43 bits per heavy atom. The molecule has 0 atom stereocenters. The zero-order valence-corrected chi connectivity index (χ0v) is 12.8. The number of aromatic nitrogens is 3. The van der Waals surface area contributed by atoms with Crippen LogP contribution in [0.1, 0.15) is 18.3 Å². The molecule has 0 saturated heterocycles. The first kappa shape index (κ1) is 15.3. The van der Waals surface area contributed by atoms with E-state index in [0.717, 1.165) is 17.0 Å². The molecule has 0 aliphatic carbocycles. The van der Waals surface area contributed by atoms with Gasteiger partial charge in [0.2, 0.25) is 5.91 Å². The largest absolute Gasteiger partial charge is 0.352 e. The first-order chi connectivity index (χ1) is 10.1. The maximum Gasteiger partial charge on any atom is 0.244 e. The summed E-state index contributed by atoms with van der Waals surface area (Å²) in [5, 5.41) is 11.2. The van der Waals surface area contributed by atoms with Crippen molar-refractivity contribution in [1.82, 2.24) is 20.1 Å². The van der Waals surface area contributed by atoms with E-state index in [2.05, 4.69) is 15.5 Å². The van der Waals surface area contributed by atoms with Gasteiger partial charge in [-0.05, 0) is 24.1 Å². The molecule has 0 spiro atoms. The molecule has 1 amide bonds. The number of hydrogen-bond donors (Lipinski definition) is 1. The highest BCUT2D eigenvalue weighted by Crippen LogP contribution is 2.22. The molecule has 1 aromatic carbocycles. The Morgan fingerprint density at radius 2 is 2.19 bits per heavy atom. The molecule has 110 valence electrons. The summed E-state index contributed by atoms with van der Waals surface area (Å²) in [6.07, 6.45) is 3.83. The Morgan fingerprint density at radius 3 is 2.86 bits per heavy atom. The Labute approximate surface area is 128 Å². The fourth-order valence-corrected chi connectivity index (χ4v) is 2.22. The Bertz CT molecular complexity index is 663. The number of benzene rings is 1. The van der Waals surface area contributed by atoms with E-state index in [4.69, 9.17) is 11.6 Å². The van der Waals surface area contributed by atoms with Crippen LogP contribution >= 0.6 is 11.6 Å². The summed E-state index contributed by atoms with van der Waals surface area (Å²) >= 11 is 6.10. The van der Waals surface area contributed by atoms with Gasteiger partial charge in [0.05, 0.1) is 0 Å². The summed E-state index contributed by atoms with van der Waals surface area (Å²) < 4.78 is 1.83. The average Bonchev–Trinajstić information content (AvgIpc) is 2.85. The van der Waals surface area contributed by atoms with Crippen LogP contribution in [0, 0.1) is 0 Å². The van der Waals surface area contributed by atoms with Gasteiger partial charge in [0.15, 0.2) is 0 Å².